The average Bonchev–Trinajstić information content (AvgIpc) is 3.36. The first-order chi connectivity index (χ1) is 33.7. The fourth-order valence-corrected chi connectivity index (χ4v) is 12.3. The van der Waals surface area contributed by atoms with Gasteiger partial charge in [-0.25, -0.2) is 13.1 Å². The van der Waals surface area contributed by atoms with Crippen LogP contribution in [0.1, 0.15) is 55.5 Å². The molecule has 0 saturated carbocycles. The quantitative estimate of drug-likeness (QED) is 0.0508. The molecule has 4 aromatic carbocycles. The van der Waals surface area contributed by atoms with Gasteiger partial charge in [-0.3, -0.25) is 29.5 Å². The Kier molecular flexibility index (Phi) is 18.9. The van der Waals surface area contributed by atoms with Crippen LogP contribution in [0.2, 0.25) is 5.02 Å². The Hall–Kier alpha value is -4.72. The average molecular weight is 1050 g/mol. The second-order valence-corrected chi connectivity index (χ2v) is 22.6. The third kappa shape index (κ3) is 14.7. The summed E-state index contributed by atoms with van der Waals surface area (Å²) in [6.45, 7) is 17.2. The molecule has 2 atom stereocenters. The number of benzene rings is 4. The number of nitro groups is 1. The zero-order valence-corrected chi connectivity index (χ0v) is 43.9. The molecule has 19 heteroatoms. The molecule has 3 fully saturated rings. The van der Waals surface area contributed by atoms with Crippen molar-refractivity contribution in [3.05, 3.63) is 129 Å². The van der Waals surface area contributed by atoms with Crippen molar-refractivity contribution in [1.82, 2.24) is 29.6 Å². The molecule has 0 aromatic heterocycles. The smallest absolute Gasteiger partial charge is 0.293 e. The van der Waals surface area contributed by atoms with Crippen LogP contribution in [-0.2, 0) is 14.8 Å². The maximum absolute atomic E-state index is 13.6. The number of hydrogen-bond acceptors (Lipinski definition) is 13. The molecule has 0 spiro atoms. The highest BCUT2D eigenvalue weighted by Gasteiger charge is 2.35. The minimum atomic E-state index is -4.48. The van der Waals surface area contributed by atoms with Gasteiger partial charge in [0.05, 0.1) is 9.82 Å². The summed E-state index contributed by atoms with van der Waals surface area (Å²) in [5.74, 6) is -0.171. The van der Waals surface area contributed by atoms with E-state index >= 15 is 0 Å². The van der Waals surface area contributed by atoms with Gasteiger partial charge in [-0.2, -0.15) is 0 Å². The lowest BCUT2D eigenvalue weighted by molar-refractivity contribution is -0.384. The van der Waals surface area contributed by atoms with Gasteiger partial charge in [0.2, 0.25) is 5.91 Å². The predicted octanol–water partition coefficient (Wildman–Crippen LogP) is 7.59. The van der Waals surface area contributed by atoms with E-state index in [-0.39, 0.29) is 45.9 Å². The maximum atomic E-state index is 13.6. The number of anilines is 2. The van der Waals surface area contributed by atoms with Crippen LogP contribution in [-0.4, -0.2) is 155 Å². The Morgan fingerprint density at radius 3 is 2.20 bits per heavy atom. The Balaban J connectivity index is 0.00000741. The lowest BCUT2D eigenvalue weighted by atomic mass is 9.71. The first kappa shape index (κ1) is 54.1. The van der Waals surface area contributed by atoms with Crippen molar-refractivity contribution in [3.8, 4) is 0 Å². The molecule has 0 radical (unpaired) electrons. The molecule has 3 heterocycles. The summed E-state index contributed by atoms with van der Waals surface area (Å²) in [5.41, 5.74) is 5.30. The summed E-state index contributed by atoms with van der Waals surface area (Å²) in [6, 6.07) is 28.5. The van der Waals surface area contributed by atoms with E-state index < -0.39 is 26.5 Å². The number of hydrogen-bond donors (Lipinski definition) is 3. The Morgan fingerprint density at radius 2 is 1.54 bits per heavy atom. The molecule has 1 unspecified atom stereocenters. The SMILES string of the molecule is CC(=O)N1CCN(CC[C@H](CSc2ccccc2)Nc2ccc(S(=O)(=O)NC(=O)c3ccc(N4CCN(CC5=C(c6ccc(Cl)cc6)CCC(C)(CN6CCNCC6)C5)CC4)cc3)cc2[N+](=O)[O-])CC1.Cl. The van der Waals surface area contributed by atoms with E-state index in [2.05, 4.69) is 54.0 Å². The number of nitro benzene ring substituents is 1. The van der Waals surface area contributed by atoms with Crippen molar-refractivity contribution >= 4 is 80.2 Å². The van der Waals surface area contributed by atoms with E-state index in [1.807, 2.05) is 59.5 Å². The highest BCUT2D eigenvalue weighted by Crippen LogP contribution is 2.44. The van der Waals surface area contributed by atoms with Crippen LogP contribution in [0.4, 0.5) is 17.1 Å². The number of sulfonamides is 1. The number of allylic oxidation sites excluding steroid dienone is 1. The van der Waals surface area contributed by atoms with E-state index in [0.717, 1.165) is 119 Å². The fraction of sp³-hybridized carbons (Fsp3) is 0.462. The standard InChI is InChI=1S/C52H66ClN9O6S2.ClH/c1-39(63)60-30-26-57(27-31-60)23-19-44(37-69-46-6-4-3-5-7-46)55-49-17-16-47(34-50(49)62(65)66)70(67,68)56-51(64)41-10-14-45(15-11-41)61-32-28-58(29-33-61)36-42-35-52(2,38-59-24-21-54-22-25-59)20-18-48(42)40-8-12-43(53)13-9-40;/h3-17,34,44,54-55H,18-33,35-38H2,1-2H3,(H,56,64);1H/t44-,52?;/m1./s1. The van der Waals surface area contributed by atoms with E-state index in [1.54, 1.807) is 30.8 Å². The molecule has 4 aromatic rings. The van der Waals surface area contributed by atoms with Crippen LogP contribution in [0, 0.1) is 15.5 Å². The highest BCUT2D eigenvalue weighted by atomic mass is 35.5. The van der Waals surface area contributed by atoms with E-state index in [1.165, 1.54) is 28.8 Å². The molecule has 71 heavy (non-hydrogen) atoms. The molecule has 3 N–H and O–H groups in total. The molecule has 4 aliphatic rings. The van der Waals surface area contributed by atoms with Gasteiger partial charge in [0, 0.05) is 144 Å². The number of amides is 2. The topological polar surface area (TPSA) is 164 Å². The van der Waals surface area contributed by atoms with Crippen LogP contribution in [0.25, 0.3) is 5.57 Å². The van der Waals surface area contributed by atoms with Gasteiger partial charge in [0.15, 0.2) is 0 Å². The lowest BCUT2D eigenvalue weighted by Crippen LogP contribution is -2.49. The van der Waals surface area contributed by atoms with Crippen LogP contribution >= 0.6 is 35.8 Å². The van der Waals surface area contributed by atoms with Gasteiger partial charge in [-0.15, -0.1) is 24.2 Å². The third-order valence-electron chi connectivity index (χ3n) is 14.2. The number of piperazine rings is 3. The second-order valence-electron chi connectivity index (χ2n) is 19.4. The van der Waals surface area contributed by atoms with E-state index in [0.29, 0.717) is 31.8 Å². The Labute approximate surface area is 434 Å². The van der Waals surface area contributed by atoms with Gasteiger partial charge in [-0.1, -0.05) is 54.4 Å². The van der Waals surface area contributed by atoms with Gasteiger partial charge >= 0.3 is 0 Å². The summed E-state index contributed by atoms with van der Waals surface area (Å²) < 4.78 is 29.4. The van der Waals surface area contributed by atoms with Crippen molar-refractivity contribution in [3.63, 3.8) is 0 Å². The number of rotatable bonds is 18. The number of halogens is 2. The lowest BCUT2D eigenvalue weighted by Gasteiger charge is -2.43. The predicted molar refractivity (Wildman–Crippen MR) is 288 cm³/mol. The van der Waals surface area contributed by atoms with Crippen molar-refractivity contribution in [2.75, 3.05) is 114 Å². The first-order valence-electron chi connectivity index (χ1n) is 24.5. The summed E-state index contributed by atoms with van der Waals surface area (Å²) in [5, 5.41) is 20.0. The largest absolute Gasteiger partial charge is 0.376 e. The monoisotopic (exact) mass is 1050 g/mol. The normalized spacial score (nSPS) is 20.0. The zero-order valence-electron chi connectivity index (χ0n) is 40.7. The summed E-state index contributed by atoms with van der Waals surface area (Å²) in [6.07, 6.45) is 3.92. The molecule has 0 bridgehead atoms. The van der Waals surface area contributed by atoms with E-state index in [4.69, 9.17) is 11.6 Å². The van der Waals surface area contributed by atoms with Crippen molar-refractivity contribution < 1.29 is 22.9 Å². The van der Waals surface area contributed by atoms with Crippen LogP contribution in [0.15, 0.2) is 112 Å². The van der Waals surface area contributed by atoms with Crippen molar-refractivity contribution in [2.24, 2.45) is 5.41 Å². The third-order valence-corrected chi connectivity index (χ3v) is 17.0. The van der Waals surface area contributed by atoms with Gasteiger partial charge < -0.3 is 25.3 Å². The van der Waals surface area contributed by atoms with Crippen LogP contribution < -0.4 is 20.3 Å². The van der Waals surface area contributed by atoms with E-state index in [9.17, 15) is 28.1 Å². The molecule has 1 aliphatic carbocycles. The number of carbonyl (C=O) groups excluding carboxylic acids is 2. The zero-order chi connectivity index (χ0) is 49.3. The molecule has 8 rings (SSSR count). The first-order valence-corrected chi connectivity index (χ1v) is 27.3. The number of nitrogens with zero attached hydrogens (tertiary/aromatic N) is 6. The van der Waals surface area contributed by atoms with Gasteiger partial charge in [0.25, 0.3) is 21.6 Å². The fourth-order valence-electron chi connectivity index (χ4n) is 10.2. The molecule has 3 saturated heterocycles. The van der Waals surface area contributed by atoms with Gasteiger partial charge in [-0.05, 0) is 103 Å². The number of nitrogens with one attached hydrogen (secondary N) is 3. The minimum Gasteiger partial charge on any atom is -0.376 e. The summed E-state index contributed by atoms with van der Waals surface area (Å²) >= 11 is 7.92. The van der Waals surface area contributed by atoms with Gasteiger partial charge in [0.1, 0.15) is 5.69 Å². The molecular weight excluding hydrogens is 982 g/mol. The summed E-state index contributed by atoms with van der Waals surface area (Å²) in [7, 11) is -4.48. The molecular formula is C52H67Cl2N9O6S2. The Bertz CT molecular complexity index is 2590. The Morgan fingerprint density at radius 1 is 0.859 bits per heavy atom. The van der Waals surface area contributed by atoms with Crippen LogP contribution in [0.5, 0.6) is 0 Å². The summed E-state index contributed by atoms with van der Waals surface area (Å²) in [4.78, 5) is 49.3. The van der Waals surface area contributed by atoms with Crippen LogP contribution in [0.3, 0.4) is 0 Å². The molecule has 382 valence electrons. The molecule has 3 aliphatic heterocycles. The second kappa shape index (κ2) is 24.8. The molecule has 2 amide bonds. The van der Waals surface area contributed by atoms with Crippen molar-refractivity contribution in [2.45, 2.75) is 55.4 Å². The van der Waals surface area contributed by atoms with Crippen molar-refractivity contribution in [1.29, 1.82) is 0 Å². The highest BCUT2D eigenvalue weighted by molar-refractivity contribution is 7.99. The number of carbonyl (C=O) groups is 2. The number of thioether (sulfide) groups is 1. The maximum Gasteiger partial charge on any atom is 0.293 e. The minimum absolute atomic E-state index is 0. The molecule has 15 nitrogen and oxygen atoms in total.